The quantitative estimate of drug-likeness (QED) is 0.679. The van der Waals surface area contributed by atoms with Crippen LogP contribution in [0.3, 0.4) is 0 Å². The van der Waals surface area contributed by atoms with Crippen LogP contribution in [-0.2, 0) is 9.59 Å². The topological polar surface area (TPSA) is 58.2 Å². The summed E-state index contributed by atoms with van der Waals surface area (Å²) in [5, 5.41) is 5.83. The predicted molar refractivity (Wildman–Crippen MR) is 53.9 cm³/mol. The van der Waals surface area contributed by atoms with Crippen molar-refractivity contribution in [2.45, 2.75) is 45.2 Å². The molecule has 1 aliphatic heterocycles. The summed E-state index contributed by atoms with van der Waals surface area (Å²) in [7, 11) is 0. The third kappa shape index (κ3) is 2.80. The third-order valence-corrected chi connectivity index (χ3v) is 2.54. The number of amides is 1. The molecule has 4 nitrogen and oxygen atoms in total. The first-order chi connectivity index (χ1) is 6.65. The van der Waals surface area contributed by atoms with Gasteiger partial charge in [0.05, 0.1) is 12.1 Å². The summed E-state index contributed by atoms with van der Waals surface area (Å²) in [6, 6.07) is -0.439. The van der Waals surface area contributed by atoms with Gasteiger partial charge >= 0.3 is 0 Å². The fourth-order valence-electron chi connectivity index (χ4n) is 1.56. The monoisotopic (exact) mass is 198 g/mol. The van der Waals surface area contributed by atoms with Gasteiger partial charge in [-0.3, -0.25) is 9.59 Å². The normalized spacial score (nSPS) is 27.1. The number of piperazine rings is 1. The smallest absolute Gasteiger partial charge is 0.237 e. The average Bonchev–Trinajstić information content (AvgIpc) is 2.15. The van der Waals surface area contributed by atoms with Gasteiger partial charge in [-0.1, -0.05) is 19.8 Å². The van der Waals surface area contributed by atoms with Crippen molar-refractivity contribution in [3.8, 4) is 0 Å². The molecule has 0 aromatic carbocycles. The van der Waals surface area contributed by atoms with Crippen molar-refractivity contribution in [1.82, 2.24) is 10.6 Å². The van der Waals surface area contributed by atoms with Gasteiger partial charge in [-0.05, 0) is 13.3 Å². The Kier molecular flexibility index (Phi) is 4.07. The zero-order valence-corrected chi connectivity index (χ0v) is 8.80. The molecule has 0 aliphatic carbocycles. The molecular weight excluding hydrogens is 180 g/mol. The summed E-state index contributed by atoms with van der Waals surface area (Å²) in [6.45, 7) is 4.16. The highest BCUT2D eigenvalue weighted by Crippen LogP contribution is 2.05. The Balaban J connectivity index is 2.40. The van der Waals surface area contributed by atoms with Crippen LogP contribution in [0.15, 0.2) is 0 Å². The van der Waals surface area contributed by atoms with E-state index in [1.807, 2.05) is 0 Å². The van der Waals surface area contributed by atoms with Crippen LogP contribution in [-0.4, -0.2) is 30.3 Å². The fraction of sp³-hybridized carbons (Fsp3) is 0.800. The van der Waals surface area contributed by atoms with Crippen molar-refractivity contribution < 1.29 is 9.59 Å². The van der Waals surface area contributed by atoms with E-state index in [0.717, 1.165) is 19.3 Å². The number of carbonyl (C=O) groups is 2. The molecule has 0 saturated carbocycles. The van der Waals surface area contributed by atoms with Crippen LogP contribution in [0.4, 0.5) is 0 Å². The minimum Gasteiger partial charge on any atom is -0.344 e. The lowest BCUT2D eigenvalue weighted by Crippen LogP contribution is -2.60. The summed E-state index contributed by atoms with van der Waals surface area (Å²) in [5.41, 5.74) is 0. The van der Waals surface area contributed by atoms with Crippen LogP contribution < -0.4 is 10.6 Å². The molecule has 0 aromatic heterocycles. The number of hydrogen-bond donors (Lipinski definition) is 2. The zero-order chi connectivity index (χ0) is 10.6. The second-order valence-corrected chi connectivity index (χ2v) is 3.77. The molecule has 1 fully saturated rings. The molecule has 1 amide bonds. The van der Waals surface area contributed by atoms with Gasteiger partial charge in [0.1, 0.15) is 0 Å². The maximum atomic E-state index is 11.5. The highest BCUT2D eigenvalue weighted by molar-refractivity contribution is 5.91. The van der Waals surface area contributed by atoms with E-state index >= 15 is 0 Å². The molecule has 0 unspecified atom stereocenters. The number of nitrogens with one attached hydrogen (secondary N) is 2. The number of ketones is 1. The maximum absolute atomic E-state index is 11.5. The predicted octanol–water partition coefficient (Wildman–Crippen LogP) is 0.222. The van der Waals surface area contributed by atoms with Gasteiger partial charge in [0.25, 0.3) is 0 Å². The van der Waals surface area contributed by atoms with Crippen LogP contribution in [0.1, 0.15) is 33.1 Å². The molecular formula is C10H18N2O2. The molecule has 80 valence electrons. The second-order valence-electron chi connectivity index (χ2n) is 3.77. The van der Waals surface area contributed by atoms with Gasteiger partial charge in [-0.25, -0.2) is 0 Å². The number of rotatable bonds is 4. The van der Waals surface area contributed by atoms with Crippen molar-refractivity contribution in [2.24, 2.45) is 0 Å². The Morgan fingerprint density at radius 1 is 1.57 bits per heavy atom. The molecule has 0 bridgehead atoms. The summed E-state index contributed by atoms with van der Waals surface area (Å²) >= 11 is 0. The van der Waals surface area contributed by atoms with Crippen LogP contribution in [0.25, 0.3) is 0 Å². The van der Waals surface area contributed by atoms with Gasteiger partial charge in [0, 0.05) is 6.54 Å². The standard InChI is InChI=1S/C10H18N2O2/c1-3-4-5-8-10(14)12-9(6-11-8)7(2)13/h8-9,11H,3-6H2,1-2H3,(H,12,14)/t8-,9+/m1/s1. The molecule has 2 atom stereocenters. The molecule has 1 rings (SSSR count). The fourth-order valence-corrected chi connectivity index (χ4v) is 1.56. The third-order valence-electron chi connectivity index (χ3n) is 2.54. The lowest BCUT2D eigenvalue weighted by Gasteiger charge is -2.28. The molecule has 14 heavy (non-hydrogen) atoms. The van der Waals surface area contributed by atoms with Crippen molar-refractivity contribution in [2.75, 3.05) is 6.54 Å². The summed E-state index contributed by atoms with van der Waals surface area (Å²) in [6.07, 6.45) is 2.98. The lowest BCUT2D eigenvalue weighted by atomic mass is 10.0. The largest absolute Gasteiger partial charge is 0.344 e. The Morgan fingerprint density at radius 2 is 2.29 bits per heavy atom. The Morgan fingerprint density at radius 3 is 2.79 bits per heavy atom. The summed E-state index contributed by atoms with van der Waals surface area (Å²) in [5.74, 6) is -0.0234. The highest BCUT2D eigenvalue weighted by atomic mass is 16.2. The van der Waals surface area contributed by atoms with E-state index in [2.05, 4.69) is 17.6 Å². The SMILES string of the molecule is CCCC[C@H]1NC[C@@H](C(C)=O)NC1=O. The molecule has 1 heterocycles. The van der Waals surface area contributed by atoms with Crippen molar-refractivity contribution in [3.63, 3.8) is 0 Å². The van der Waals surface area contributed by atoms with Crippen molar-refractivity contribution in [3.05, 3.63) is 0 Å². The Bertz CT molecular complexity index is 228. The number of hydrogen-bond acceptors (Lipinski definition) is 3. The summed E-state index contributed by atoms with van der Waals surface area (Å²) < 4.78 is 0. The van der Waals surface area contributed by atoms with E-state index in [0.29, 0.717) is 6.54 Å². The lowest BCUT2D eigenvalue weighted by molar-refractivity contribution is -0.130. The minimum atomic E-state index is -0.333. The molecule has 0 aromatic rings. The van der Waals surface area contributed by atoms with E-state index in [1.54, 1.807) is 0 Å². The molecule has 2 N–H and O–H groups in total. The molecule has 0 radical (unpaired) electrons. The Labute approximate surface area is 84.4 Å². The van der Waals surface area contributed by atoms with E-state index in [-0.39, 0.29) is 23.8 Å². The first kappa shape index (κ1) is 11.2. The van der Waals surface area contributed by atoms with Crippen LogP contribution >= 0.6 is 0 Å². The number of carbonyl (C=O) groups excluding carboxylic acids is 2. The zero-order valence-electron chi connectivity index (χ0n) is 8.80. The highest BCUT2D eigenvalue weighted by Gasteiger charge is 2.28. The van der Waals surface area contributed by atoms with E-state index in [1.165, 1.54) is 6.92 Å². The van der Waals surface area contributed by atoms with E-state index in [4.69, 9.17) is 0 Å². The minimum absolute atomic E-state index is 0.0137. The number of unbranched alkanes of at least 4 members (excludes halogenated alkanes) is 1. The first-order valence-corrected chi connectivity index (χ1v) is 5.19. The van der Waals surface area contributed by atoms with E-state index < -0.39 is 0 Å². The van der Waals surface area contributed by atoms with Crippen LogP contribution in [0.5, 0.6) is 0 Å². The van der Waals surface area contributed by atoms with Gasteiger partial charge in [-0.2, -0.15) is 0 Å². The summed E-state index contributed by atoms with van der Waals surface area (Å²) in [4.78, 5) is 22.5. The van der Waals surface area contributed by atoms with Crippen LogP contribution in [0, 0.1) is 0 Å². The van der Waals surface area contributed by atoms with Gasteiger partial charge in [0.2, 0.25) is 5.91 Å². The van der Waals surface area contributed by atoms with E-state index in [9.17, 15) is 9.59 Å². The maximum Gasteiger partial charge on any atom is 0.237 e. The molecule has 4 heteroatoms. The number of Topliss-reactive ketones (excluding diaryl/α,β-unsaturated/α-hetero) is 1. The van der Waals surface area contributed by atoms with Crippen LogP contribution in [0.2, 0.25) is 0 Å². The molecule has 1 saturated heterocycles. The van der Waals surface area contributed by atoms with Gasteiger partial charge < -0.3 is 10.6 Å². The molecule has 0 spiro atoms. The Hall–Kier alpha value is -0.900. The molecule has 1 aliphatic rings. The average molecular weight is 198 g/mol. The van der Waals surface area contributed by atoms with Gasteiger partial charge in [0.15, 0.2) is 5.78 Å². The van der Waals surface area contributed by atoms with Crippen molar-refractivity contribution in [1.29, 1.82) is 0 Å². The first-order valence-electron chi connectivity index (χ1n) is 5.19. The van der Waals surface area contributed by atoms with Gasteiger partial charge in [-0.15, -0.1) is 0 Å². The van der Waals surface area contributed by atoms with Crippen molar-refractivity contribution >= 4 is 11.7 Å². The second kappa shape index (κ2) is 5.10.